The van der Waals surface area contributed by atoms with Crippen LogP contribution in [0.15, 0.2) is 53.4 Å². The van der Waals surface area contributed by atoms with Gasteiger partial charge < -0.3 is 10.1 Å². The standard InChI is InChI=1S/C18H19FN2O6S/c1-12(17(22)20-16-10-5-4-9-15(16)19)27-18(23)13-7-6-8-14(11-13)28(24,25)21(2)26-3/h4-12H,1-3H3,(H,20,22). The van der Waals surface area contributed by atoms with E-state index in [9.17, 15) is 22.4 Å². The number of ether oxygens (including phenoxy) is 1. The Bertz CT molecular complexity index is 980. The summed E-state index contributed by atoms with van der Waals surface area (Å²) in [6, 6.07) is 10.6. The number of carbonyl (C=O) groups is 2. The summed E-state index contributed by atoms with van der Waals surface area (Å²) < 4.78 is 43.8. The van der Waals surface area contributed by atoms with Crippen molar-refractivity contribution in [1.82, 2.24) is 4.47 Å². The number of hydrogen-bond acceptors (Lipinski definition) is 6. The van der Waals surface area contributed by atoms with Crippen molar-refractivity contribution >= 4 is 27.6 Å². The summed E-state index contributed by atoms with van der Waals surface area (Å²) in [5, 5.41) is 2.31. The van der Waals surface area contributed by atoms with Crippen LogP contribution < -0.4 is 5.32 Å². The van der Waals surface area contributed by atoms with Gasteiger partial charge in [-0.3, -0.25) is 9.63 Å². The SMILES string of the molecule is CON(C)S(=O)(=O)c1cccc(C(=O)OC(C)C(=O)Nc2ccccc2F)c1. The van der Waals surface area contributed by atoms with Crippen molar-refractivity contribution in [1.29, 1.82) is 0 Å². The Morgan fingerprint density at radius 3 is 2.46 bits per heavy atom. The van der Waals surface area contributed by atoms with Gasteiger partial charge in [-0.1, -0.05) is 22.7 Å². The summed E-state index contributed by atoms with van der Waals surface area (Å²) in [5.41, 5.74) is -0.123. The average Bonchev–Trinajstić information content (AvgIpc) is 2.68. The smallest absolute Gasteiger partial charge is 0.338 e. The highest BCUT2D eigenvalue weighted by Crippen LogP contribution is 2.18. The minimum atomic E-state index is -3.95. The summed E-state index contributed by atoms with van der Waals surface area (Å²) in [7, 11) is -1.56. The number of para-hydroxylation sites is 1. The Hall–Kier alpha value is -2.82. The Balaban J connectivity index is 2.11. The highest BCUT2D eigenvalue weighted by Gasteiger charge is 2.24. The molecule has 0 aliphatic heterocycles. The lowest BCUT2D eigenvalue weighted by Crippen LogP contribution is -2.30. The third-order valence-corrected chi connectivity index (χ3v) is 5.42. The van der Waals surface area contributed by atoms with E-state index in [0.29, 0.717) is 4.47 Å². The van der Waals surface area contributed by atoms with Crippen molar-refractivity contribution < 1.29 is 32.0 Å². The molecule has 2 rings (SSSR count). The molecule has 1 N–H and O–H groups in total. The van der Waals surface area contributed by atoms with Crippen molar-refractivity contribution in [3.8, 4) is 0 Å². The van der Waals surface area contributed by atoms with Crippen LogP contribution in [0.25, 0.3) is 0 Å². The van der Waals surface area contributed by atoms with Gasteiger partial charge in [0, 0.05) is 7.05 Å². The van der Waals surface area contributed by atoms with E-state index in [2.05, 4.69) is 10.2 Å². The number of amides is 1. The molecule has 0 radical (unpaired) electrons. The van der Waals surface area contributed by atoms with E-state index >= 15 is 0 Å². The molecule has 1 amide bonds. The number of nitrogens with one attached hydrogen (secondary N) is 1. The normalized spacial score (nSPS) is 12.5. The fraction of sp³-hybridized carbons (Fsp3) is 0.222. The van der Waals surface area contributed by atoms with Crippen LogP contribution in [-0.4, -0.2) is 45.0 Å². The van der Waals surface area contributed by atoms with Gasteiger partial charge in [-0.25, -0.2) is 17.6 Å². The summed E-state index contributed by atoms with van der Waals surface area (Å²) in [5.74, 6) is -2.27. The zero-order valence-corrected chi connectivity index (χ0v) is 16.2. The molecule has 1 unspecified atom stereocenters. The van der Waals surface area contributed by atoms with E-state index in [1.807, 2.05) is 0 Å². The quantitative estimate of drug-likeness (QED) is 0.555. The number of carbonyl (C=O) groups excluding carboxylic acids is 2. The molecule has 8 nitrogen and oxygen atoms in total. The molecule has 10 heteroatoms. The molecule has 0 saturated carbocycles. The monoisotopic (exact) mass is 410 g/mol. The van der Waals surface area contributed by atoms with Crippen molar-refractivity contribution in [3.63, 3.8) is 0 Å². The molecule has 0 aromatic heterocycles. The zero-order valence-electron chi connectivity index (χ0n) is 15.4. The molecule has 0 aliphatic carbocycles. The first kappa shape index (κ1) is 21.5. The molecular weight excluding hydrogens is 391 g/mol. The van der Waals surface area contributed by atoms with Gasteiger partial charge in [0.05, 0.1) is 23.3 Å². The van der Waals surface area contributed by atoms with Gasteiger partial charge >= 0.3 is 5.97 Å². The third-order valence-electron chi connectivity index (χ3n) is 3.75. The van der Waals surface area contributed by atoms with E-state index < -0.39 is 33.8 Å². The van der Waals surface area contributed by atoms with Gasteiger partial charge in [0.1, 0.15) is 5.82 Å². The average molecular weight is 410 g/mol. The summed E-state index contributed by atoms with van der Waals surface area (Å²) in [6.07, 6.45) is -1.24. The third kappa shape index (κ3) is 4.91. The van der Waals surface area contributed by atoms with E-state index in [1.54, 1.807) is 6.07 Å². The number of esters is 1. The number of benzene rings is 2. The fourth-order valence-electron chi connectivity index (χ4n) is 2.11. The number of rotatable bonds is 7. The van der Waals surface area contributed by atoms with Crippen molar-refractivity contribution in [2.45, 2.75) is 17.9 Å². The molecule has 0 heterocycles. The predicted molar refractivity (Wildman–Crippen MR) is 98.3 cm³/mol. The van der Waals surface area contributed by atoms with Crippen molar-refractivity contribution in [3.05, 3.63) is 59.9 Å². The Labute approximate surface area is 161 Å². The highest BCUT2D eigenvalue weighted by atomic mass is 32.2. The lowest BCUT2D eigenvalue weighted by atomic mass is 10.2. The van der Waals surface area contributed by atoms with Crippen LogP contribution in [0.2, 0.25) is 0 Å². The Morgan fingerprint density at radius 2 is 1.82 bits per heavy atom. The maximum atomic E-state index is 13.6. The number of anilines is 1. The largest absolute Gasteiger partial charge is 0.449 e. The second-order valence-electron chi connectivity index (χ2n) is 5.64. The molecule has 28 heavy (non-hydrogen) atoms. The molecule has 150 valence electrons. The van der Waals surface area contributed by atoms with Gasteiger partial charge in [0.2, 0.25) is 0 Å². The minimum Gasteiger partial charge on any atom is -0.449 e. The van der Waals surface area contributed by atoms with E-state index in [1.165, 1.54) is 57.5 Å². The van der Waals surface area contributed by atoms with Gasteiger partial charge in [-0.05, 0) is 37.3 Å². The molecular formula is C18H19FN2O6S. The summed E-state index contributed by atoms with van der Waals surface area (Å²) >= 11 is 0. The van der Waals surface area contributed by atoms with Gasteiger partial charge in [0.15, 0.2) is 6.10 Å². The predicted octanol–water partition coefficient (Wildman–Crippen LogP) is 2.19. The molecule has 0 aliphatic rings. The maximum absolute atomic E-state index is 13.6. The van der Waals surface area contributed by atoms with Gasteiger partial charge in [-0.2, -0.15) is 0 Å². The van der Waals surface area contributed by atoms with Crippen LogP contribution in [0.3, 0.4) is 0 Å². The Kier molecular flexibility index (Phi) is 6.84. The lowest BCUT2D eigenvalue weighted by molar-refractivity contribution is -0.123. The van der Waals surface area contributed by atoms with Crippen molar-refractivity contribution in [2.75, 3.05) is 19.5 Å². The second kappa shape index (κ2) is 8.91. The van der Waals surface area contributed by atoms with Gasteiger partial charge in [0.25, 0.3) is 15.9 Å². The maximum Gasteiger partial charge on any atom is 0.338 e. The summed E-state index contributed by atoms with van der Waals surface area (Å²) in [6.45, 7) is 1.31. The second-order valence-corrected chi connectivity index (χ2v) is 7.58. The van der Waals surface area contributed by atoms with Crippen LogP contribution in [0, 0.1) is 5.82 Å². The zero-order chi connectivity index (χ0) is 20.9. The number of hydrogen-bond donors (Lipinski definition) is 1. The highest BCUT2D eigenvalue weighted by molar-refractivity contribution is 7.89. The number of nitrogens with zero attached hydrogens (tertiary/aromatic N) is 1. The molecule has 1 atom stereocenters. The van der Waals surface area contributed by atoms with Crippen molar-refractivity contribution in [2.24, 2.45) is 0 Å². The first-order valence-corrected chi connectivity index (χ1v) is 9.50. The van der Waals surface area contributed by atoms with Crippen LogP contribution in [-0.2, 0) is 24.4 Å². The number of hydroxylamine groups is 1. The van der Waals surface area contributed by atoms with E-state index in [4.69, 9.17) is 4.74 Å². The number of halogens is 1. The van der Waals surface area contributed by atoms with E-state index in [0.717, 1.165) is 6.07 Å². The first-order valence-electron chi connectivity index (χ1n) is 8.06. The lowest BCUT2D eigenvalue weighted by Gasteiger charge is -2.16. The van der Waals surface area contributed by atoms with Crippen LogP contribution in [0.5, 0.6) is 0 Å². The molecule has 2 aromatic carbocycles. The van der Waals surface area contributed by atoms with E-state index in [-0.39, 0.29) is 16.1 Å². The number of sulfonamides is 1. The molecule has 0 spiro atoms. The molecule has 0 fully saturated rings. The van der Waals surface area contributed by atoms with Crippen LogP contribution in [0.4, 0.5) is 10.1 Å². The first-order chi connectivity index (χ1) is 13.2. The van der Waals surface area contributed by atoms with Crippen LogP contribution in [0.1, 0.15) is 17.3 Å². The Morgan fingerprint density at radius 1 is 1.14 bits per heavy atom. The molecule has 0 bridgehead atoms. The van der Waals surface area contributed by atoms with Crippen LogP contribution >= 0.6 is 0 Å². The molecule has 0 saturated heterocycles. The summed E-state index contributed by atoms with van der Waals surface area (Å²) in [4.78, 5) is 28.9. The molecule has 2 aromatic rings. The fourth-order valence-corrected chi connectivity index (χ4v) is 3.13. The van der Waals surface area contributed by atoms with Gasteiger partial charge in [-0.15, -0.1) is 0 Å². The topological polar surface area (TPSA) is 102 Å². The minimum absolute atomic E-state index is 0.0499.